The van der Waals surface area contributed by atoms with Crippen LogP contribution in [-0.2, 0) is 0 Å². The predicted molar refractivity (Wildman–Crippen MR) is 89.6 cm³/mol. The van der Waals surface area contributed by atoms with E-state index in [1.165, 1.54) is 24.1 Å². The van der Waals surface area contributed by atoms with Crippen molar-refractivity contribution in [1.29, 1.82) is 0 Å². The van der Waals surface area contributed by atoms with E-state index in [-0.39, 0.29) is 0 Å². The van der Waals surface area contributed by atoms with Crippen LogP contribution in [0.5, 0.6) is 0 Å². The highest BCUT2D eigenvalue weighted by Crippen LogP contribution is 2.43. The van der Waals surface area contributed by atoms with Gasteiger partial charge < -0.3 is 5.32 Å². The van der Waals surface area contributed by atoms with E-state index in [9.17, 15) is 0 Å². The maximum atomic E-state index is 4.54. The normalized spacial score (nSPS) is 26.4. The molecule has 2 aliphatic carbocycles. The number of anilines is 1. The van der Waals surface area contributed by atoms with Crippen LogP contribution in [-0.4, -0.2) is 11.5 Å². The average Bonchev–Trinajstić information content (AvgIpc) is 3.22. The van der Waals surface area contributed by atoms with Crippen LogP contribution >= 0.6 is 11.3 Å². The minimum Gasteiger partial charge on any atom is -0.385 e. The molecule has 0 saturated heterocycles. The highest BCUT2D eigenvalue weighted by atomic mass is 32.1. The Balaban J connectivity index is 1.39. The summed E-state index contributed by atoms with van der Waals surface area (Å²) in [6, 6.07) is 8.68. The highest BCUT2D eigenvalue weighted by molar-refractivity contribution is 7.09. The van der Waals surface area contributed by atoms with Crippen molar-refractivity contribution < 1.29 is 0 Å². The summed E-state index contributed by atoms with van der Waals surface area (Å²) < 4.78 is 0. The van der Waals surface area contributed by atoms with Gasteiger partial charge in [0.2, 0.25) is 0 Å². The Morgan fingerprint density at radius 3 is 2.67 bits per heavy atom. The second-order valence-electron chi connectivity index (χ2n) is 6.25. The molecule has 3 heteroatoms. The highest BCUT2D eigenvalue weighted by Gasteiger charge is 2.35. The lowest BCUT2D eigenvalue weighted by atomic mass is 9.93. The van der Waals surface area contributed by atoms with Gasteiger partial charge in [0.1, 0.15) is 0 Å². The van der Waals surface area contributed by atoms with Crippen molar-refractivity contribution in [2.45, 2.75) is 19.8 Å². The topological polar surface area (TPSA) is 24.9 Å². The fourth-order valence-electron chi connectivity index (χ4n) is 3.63. The lowest BCUT2D eigenvalue weighted by Gasteiger charge is -2.19. The number of nitrogens with zero attached hydrogens (tertiary/aromatic N) is 1. The van der Waals surface area contributed by atoms with Crippen molar-refractivity contribution in [2.75, 3.05) is 11.9 Å². The summed E-state index contributed by atoms with van der Waals surface area (Å²) in [5.74, 6) is 2.50. The minimum atomic E-state index is 0.819. The summed E-state index contributed by atoms with van der Waals surface area (Å²) in [6.45, 7) is 3.15. The molecule has 0 radical (unpaired) electrons. The Hall–Kier alpha value is -1.61. The number of nitrogens with one attached hydrogen (secondary N) is 1. The second-order valence-corrected chi connectivity index (χ2v) is 7.31. The van der Waals surface area contributed by atoms with E-state index in [1.807, 2.05) is 6.92 Å². The molecule has 4 rings (SSSR count). The molecule has 1 saturated carbocycles. The zero-order valence-corrected chi connectivity index (χ0v) is 13.1. The van der Waals surface area contributed by atoms with Gasteiger partial charge in [0, 0.05) is 23.2 Å². The van der Waals surface area contributed by atoms with Crippen LogP contribution in [0.4, 0.5) is 5.69 Å². The Morgan fingerprint density at radius 2 is 2.05 bits per heavy atom. The fourth-order valence-corrected chi connectivity index (χ4v) is 4.26. The second kappa shape index (κ2) is 5.30. The predicted octanol–water partition coefficient (Wildman–Crippen LogP) is 4.74. The minimum absolute atomic E-state index is 0.819. The zero-order valence-electron chi connectivity index (χ0n) is 12.3. The number of fused-ring (bicyclic) bond motifs is 2. The first-order chi connectivity index (χ1) is 10.3. The van der Waals surface area contributed by atoms with Gasteiger partial charge in [-0.25, -0.2) is 4.98 Å². The van der Waals surface area contributed by atoms with Crippen molar-refractivity contribution in [1.82, 2.24) is 4.98 Å². The van der Waals surface area contributed by atoms with Crippen LogP contribution in [0.1, 0.15) is 17.8 Å². The van der Waals surface area contributed by atoms with Crippen LogP contribution in [0.15, 0.2) is 41.8 Å². The van der Waals surface area contributed by atoms with Crippen molar-refractivity contribution in [3.8, 4) is 11.3 Å². The van der Waals surface area contributed by atoms with Crippen LogP contribution in [0.2, 0.25) is 0 Å². The van der Waals surface area contributed by atoms with E-state index in [0.717, 1.165) is 35.0 Å². The summed E-state index contributed by atoms with van der Waals surface area (Å²) >= 11 is 1.70. The number of thiazole rings is 1. The SMILES string of the molecule is Cc1nc(-c2ccc(NCC3CC4C=CC3C4)cc2)cs1. The molecule has 2 aliphatic rings. The van der Waals surface area contributed by atoms with Crippen molar-refractivity contribution in [3.05, 3.63) is 46.8 Å². The van der Waals surface area contributed by atoms with E-state index in [4.69, 9.17) is 0 Å². The first-order valence-electron chi connectivity index (χ1n) is 7.73. The van der Waals surface area contributed by atoms with Crippen molar-refractivity contribution >= 4 is 17.0 Å². The fraction of sp³-hybridized carbons (Fsp3) is 0.389. The van der Waals surface area contributed by atoms with Gasteiger partial charge in [0.25, 0.3) is 0 Å². The van der Waals surface area contributed by atoms with Gasteiger partial charge >= 0.3 is 0 Å². The van der Waals surface area contributed by atoms with E-state index in [2.05, 4.69) is 52.1 Å². The molecule has 21 heavy (non-hydrogen) atoms. The smallest absolute Gasteiger partial charge is 0.0901 e. The van der Waals surface area contributed by atoms with Crippen LogP contribution in [0, 0.1) is 24.7 Å². The molecule has 1 aromatic carbocycles. The van der Waals surface area contributed by atoms with E-state index in [1.54, 1.807) is 11.3 Å². The van der Waals surface area contributed by atoms with Crippen LogP contribution in [0.3, 0.4) is 0 Å². The molecule has 3 unspecified atom stereocenters. The first kappa shape index (κ1) is 13.1. The third kappa shape index (κ3) is 2.62. The molecule has 1 heterocycles. The largest absolute Gasteiger partial charge is 0.385 e. The summed E-state index contributed by atoms with van der Waals surface area (Å²) in [5, 5.41) is 6.85. The zero-order chi connectivity index (χ0) is 14.2. The molecule has 2 nitrogen and oxygen atoms in total. The third-order valence-corrected chi connectivity index (χ3v) is 5.56. The van der Waals surface area contributed by atoms with Crippen molar-refractivity contribution in [3.63, 3.8) is 0 Å². The van der Waals surface area contributed by atoms with Gasteiger partial charge in [-0.2, -0.15) is 0 Å². The van der Waals surface area contributed by atoms with Gasteiger partial charge in [0.15, 0.2) is 0 Å². The number of hydrogen-bond acceptors (Lipinski definition) is 3. The number of allylic oxidation sites excluding steroid dienone is 2. The number of benzene rings is 1. The molecule has 108 valence electrons. The molecular weight excluding hydrogens is 276 g/mol. The van der Waals surface area contributed by atoms with Gasteiger partial charge in [0.05, 0.1) is 10.7 Å². The Kier molecular flexibility index (Phi) is 3.30. The van der Waals surface area contributed by atoms with Crippen LogP contribution in [0.25, 0.3) is 11.3 Å². The summed E-state index contributed by atoms with van der Waals surface area (Å²) in [7, 11) is 0. The molecule has 3 atom stereocenters. The van der Waals surface area contributed by atoms with Crippen LogP contribution < -0.4 is 5.32 Å². The summed E-state index contributed by atoms with van der Waals surface area (Å²) in [6.07, 6.45) is 7.58. The lowest BCUT2D eigenvalue weighted by Crippen LogP contribution is -2.18. The molecule has 1 N–H and O–H groups in total. The average molecular weight is 296 g/mol. The Bertz CT molecular complexity index is 656. The van der Waals surface area contributed by atoms with Gasteiger partial charge in [-0.05, 0) is 49.7 Å². The lowest BCUT2D eigenvalue weighted by molar-refractivity contribution is 0.472. The number of aryl methyl sites for hydroxylation is 1. The molecular formula is C18H20N2S. The van der Waals surface area contributed by atoms with Gasteiger partial charge in [-0.3, -0.25) is 0 Å². The quantitative estimate of drug-likeness (QED) is 0.824. The molecule has 1 aromatic heterocycles. The maximum absolute atomic E-state index is 4.54. The molecule has 2 bridgehead atoms. The number of hydrogen-bond donors (Lipinski definition) is 1. The number of rotatable bonds is 4. The molecule has 0 spiro atoms. The molecule has 2 aromatic rings. The van der Waals surface area contributed by atoms with E-state index >= 15 is 0 Å². The maximum Gasteiger partial charge on any atom is 0.0901 e. The van der Waals surface area contributed by atoms with E-state index in [0.29, 0.717) is 0 Å². The standard InChI is InChI=1S/C18H20N2S/c1-12-20-18(11-21-12)14-4-6-17(7-5-14)19-10-16-9-13-2-3-15(16)8-13/h2-7,11,13,15-16,19H,8-10H2,1H3. The Labute approximate surface area is 129 Å². The van der Waals surface area contributed by atoms with E-state index < -0.39 is 0 Å². The molecule has 0 aliphatic heterocycles. The molecule has 0 amide bonds. The van der Waals surface area contributed by atoms with Crippen molar-refractivity contribution in [2.24, 2.45) is 17.8 Å². The summed E-state index contributed by atoms with van der Waals surface area (Å²) in [5.41, 5.74) is 3.51. The monoisotopic (exact) mass is 296 g/mol. The summed E-state index contributed by atoms with van der Waals surface area (Å²) in [4.78, 5) is 4.54. The van der Waals surface area contributed by atoms with Gasteiger partial charge in [-0.1, -0.05) is 24.3 Å². The third-order valence-electron chi connectivity index (χ3n) is 4.78. The first-order valence-corrected chi connectivity index (χ1v) is 8.60. The van der Waals surface area contributed by atoms with Gasteiger partial charge in [-0.15, -0.1) is 11.3 Å². The molecule has 1 fully saturated rings. The Morgan fingerprint density at radius 1 is 1.19 bits per heavy atom. The number of aromatic nitrogens is 1.